The van der Waals surface area contributed by atoms with E-state index in [0.717, 1.165) is 22.5 Å². The first-order valence-electron chi connectivity index (χ1n) is 8.56. The first kappa shape index (κ1) is 17.1. The van der Waals surface area contributed by atoms with Crippen molar-refractivity contribution in [3.05, 3.63) is 100 Å². The van der Waals surface area contributed by atoms with Gasteiger partial charge in [-0.3, -0.25) is 4.99 Å². The van der Waals surface area contributed by atoms with Crippen molar-refractivity contribution in [1.29, 1.82) is 0 Å². The molecule has 130 valence electrons. The minimum absolute atomic E-state index is 0.0845. The highest BCUT2D eigenvalue weighted by molar-refractivity contribution is 6.37. The fourth-order valence-electron chi connectivity index (χ4n) is 3.46. The smallest absolute Gasteiger partial charge is 0.148 e. The zero-order valence-electron chi connectivity index (χ0n) is 14.3. The van der Waals surface area contributed by atoms with Gasteiger partial charge in [0.2, 0.25) is 0 Å². The van der Waals surface area contributed by atoms with Crippen molar-refractivity contribution in [3.8, 4) is 0 Å². The number of anilines is 1. The van der Waals surface area contributed by atoms with Gasteiger partial charge >= 0.3 is 0 Å². The lowest BCUT2D eigenvalue weighted by molar-refractivity contribution is 0.675. The molecular formula is C22H18Cl2N2. The van der Waals surface area contributed by atoms with Crippen LogP contribution in [0.4, 0.5) is 5.69 Å². The first-order valence-corrected chi connectivity index (χ1v) is 9.32. The van der Waals surface area contributed by atoms with E-state index in [1.807, 2.05) is 36.4 Å². The van der Waals surface area contributed by atoms with E-state index in [9.17, 15) is 0 Å². The molecule has 1 aliphatic rings. The van der Waals surface area contributed by atoms with Crippen LogP contribution in [-0.4, -0.2) is 11.8 Å². The van der Waals surface area contributed by atoms with E-state index in [0.29, 0.717) is 10.0 Å². The van der Waals surface area contributed by atoms with Crippen LogP contribution < -0.4 is 4.90 Å². The number of benzene rings is 3. The van der Waals surface area contributed by atoms with Crippen LogP contribution in [0.15, 0.2) is 83.9 Å². The minimum atomic E-state index is -0.0876. The second-order valence-electron chi connectivity index (χ2n) is 6.34. The third kappa shape index (κ3) is 3.11. The van der Waals surface area contributed by atoms with Crippen LogP contribution in [0, 0.1) is 0 Å². The van der Waals surface area contributed by atoms with Crippen LogP contribution in [0.1, 0.15) is 24.2 Å². The number of nitrogens with zero attached hydrogens (tertiary/aromatic N) is 2. The lowest BCUT2D eigenvalue weighted by atomic mass is 10.0. The number of para-hydroxylation sites is 1. The highest BCUT2D eigenvalue weighted by Crippen LogP contribution is 2.38. The maximum absolute atomic E-state index is 6.48. The van der Waals surface area contributed by atoms with Crippen molar-refractivity contribution >= 4 is 34.6 Å². The minimum Gasteiger partial charge on any atom is -0.337 e. The Balaban J connectivity index is 1.83. The van der Waals surface area contributed by atoms with Gasteiger partial charge in [-0.25, -0.2) is 0 Å². The highest BCUT2D eigenvalue weighted by atomic mass is 35.5. The molecular weight excluding hydrogens is 363 g/mol. The number of halogens is 2. The SMILES string of the molecule is CC1C(c2ccc(Cl)cc2Cl)=NC(c2ccccc2)N1c1ccccc1. The van der Waals surface area contributed by atoms with Gasteiger partial charge in [-0.2, -0.15) is 0 Å². The molecule has 0 bridgehead atoms. The quantitative estimate of drug-likeness (QED) is 0.513. The van der Waals surface area contributed by atoms with E-state index in [2.05, 4.69) is 48.2 Å². The predicted octanol–water partition coefficient (Wildman–Crippen LogP) is 6.39. The summed E-state index contributed by atoms with van der Waals surface area (Å²) in [4.78, 5) is 7.40. The summed E-state index contributed by atoms with van der Waals surface area (Å²) in [5, 5.41) is 1.26. The van der Waals surface area contributed by atoms with Gasteiger partial charge in [0.1, 0.15) is 6.17 Å². The molecule has 2 unspecified atom stereocenters. The Kier molecular flexibility index (Phi) is 4.71. The molecule has 0 aliphatic carbocycles. The fraction of sp³-hybridized carbons (Fsp3) is 0.136. The van der Waals surface area contributed by atoms with E-state index >= 15 is 0 Å². The Labute approximate surface area is 163 Å². The van der Waals surface area contributed by atoms with Crippen molar-refractivity contribution < 1.29 is 0 Å². The van der Waals surface area contributed by atoms with Crippen LogP contribution in [0.25, 0.3) is 0 Å². The summed E-state index contributed by atoms with van der Waals surface area (Å²) >= 11 is 12.6. The topological polar surface area (TPSA) is 15.6 Å². The molecule has 2 nitrogen and oxygen atoms in total. The van der Waals surface area contributed by atoms with E-state index in [-0.39, 0.29) is 12.2 Å². The number of rotatable bonds is 3. The molecule has 0 N–H and O–H groups in total. The largest absolute Gasteiger partial charge is 0.337 e. The molecule has 3 aromatic carbocycles. The molecule has 4 heteroatoms. The zero-order valence-corrected chi connectivity index (χ0v) is 15.8. The van der Waals surface area contributed by atoms with Gasteiger partial charge in [-0.1, -0.05) is 77.8 Å². The maximum atomic E-state index is 6.48. The fourth-order valence-corrected chi connectivity index (χ4v) is 3.97. The standard InChI is InChI=1S/C22H18Cl2N2/c1-15-21(19-13-12-17(23)14-20(19)24)25-22(16-8-4-2-5-9-16)26(15)18-10-6-3-7-11-18/h2-15,22H,1H3. The van der Waals surface area contributed by atoms with E-state index < -0.39 is 0 Å². The van der Waals surface area contributed by atoms with Crippen molar-refractivity contribution in [2.45, 2.75) is 19.1 Å². The average Bonchev–Trinajstić information content (AvgIpc) is 3.00. The Morgan fingerprint density at radius 1 is 0.846 bits per heavy atom. The molecule has 3 aromatic rings. The Hall–Kier alpha value is -2.29. The van der Waals surface area contributed by atoms with Gasteiger partial charge in [-0.15, -0.1) is 0 Å². The molecule has 0 fully saturated rings. The monoisotopic (exact) mass is 380 g/mol. The summed E-state index contributed by atoms with van der Waals surface area (Å²) in [5.74, 6) is 0. The van der Waals surface area contributed by atoms with Crippen molar-refractivity contribution in [2.75, 3.05) is 4.90 Å². The molecule has 0 spiro atoms. The average molecular weight is 381 g/mol. The molecule has 0 radical (unpaired) electrons. The van der Waals surface area contributed by atoms with Crippen LogP contribution in [-0.2, 0) is 0 Å². The van der Waals surface area contributed by atoms with Crippen LogP contribution in [0.5, 0.6) is 0 Å². The second-order valence-corrected chi connectivity index (χ2v) is 7.19. The van der Waals surface area contributed by atoms with Crippen molar-refractivity contribution in [3.63, 3.8) is 0 Å². The molecule has 2 atom stereocenters. The molecule has 1 aliphatic heterocycles. The van der Waals surface area contributed by atoms with Crippen molar-refractivity contribution in [1.82, 2.24) is 0 Å². The summed E-state index contributed by atoms with van der Waals surface area (Å²) in [6.45, 7) is 2.17. The van der Waals surface area contributed by atoms with E-state index in [1.165, 1.54) is 0 Å². The summed E-state index contributed by atoms with van der Waals surface area (Å²) in [6.07, 6.45) is -0.0876. The van der Waals surface area contributed by atoms with Gasteiger partial charge < -0.3 is 4.90 Å². The zero-order chi connectivity index (χ0) is 18.1. The van der Waals surface area contributed by atoms with E-state index in [4.69, 9.17) is 28.2 Å². The molecule has 0 saturated carbocycles. The highest BCUT2D eigenvalue weighted by Gasteiger charge is 2.35. The first-order chi connectivity index (χ1) is 12.6. The van der Waals surface area contributed by atoms with Gasteiger partial charge in [0, 0.05) is 16.3 Å². The summed E-state index contributed by atoms with van der Waals surface area (Å²) < 4.78 is 0. The summed E-state index contributed by atoms with van der Waals surface area (Å²) in [5.41, 5.74) is 4.20. The van der Waals surface area contributed by atoms with E-state index in [1.54, 1.807) is 6.07 Å². The molecule has 4 rings (SSSR count). The number of hydrogen-bond acceptors (Lipinski definition) is 2. The van der Waals surface area contributed by atoms with Crippen LogP contribution in [0.3, 0.4) is 0 Å². The maximum Gasteiger partial charge on any atom is 0.148 e. The number of hydrogen-bond donors (Lipinski definition) is 0. The Morgan fingerprint density at radius 3 is 2.15 bits per heavy atom. The molecule has 1 heterocycles. The van der Waals surface area contributed by atoms with Gasteiger partial charge in [0.15, 0.2) is 0 Å². The van der Waals surface area contributed by atoms with Crippen LogP contribution >= 0.6 is 23.2 Å². The lowest BCUT2D eigenvalue weighted by Gasteiger charge is -2.30. The molecule has 0 aromatic heterocycles. The molecule has 0 saturated heterocycles. The Bertz CT molecular complexity index is 939. The third-order valence-electron chi connectivity index (χ3n) is 4.70. The lowest BCUT2D eigenvalue weighted by Crippen LogP contribution is -2.35. The second kappa shape index (κ2) is 7.14. The van der Waals surface area contributed by atoms with Gasteiger partial charge in [0.25, 0.3) is 0 Å². The molecule has 26 heavy (non-hydrogen) atoms. The van der Waals surface area contributed by atoms with Gasteiger partial charge in [-0.05, 0) is 36.8 Å². The van der Waals surface area contributed by atoms with Gasteiger partial charge in [0.05, 0.1) is 16.8 Å². The predicted molar refractivity (Wildman–Crippen MR) is 111 cm³/mol. The number of aliphatic imine (C=N–C) groups is 1. The summed E-state index contributed by atoms with van der Waals surface area (Å²) in [6, 6.07) is 26.4. The van der Waals surface area contributed by atoms with Crippen molar-refractivity contribution in [2.24, 2.45) is 4.99 Å². The Morgan fingerprint density at radius 2 is 1.50 bits per heavy atom. The third-order valence-corrected chi connectivity index (χ3v) is 5.24. The molecule has 0 amide bonds. The summed E-state index contributed by atoms with van der Waals surface area (Å²) in [7, 11) is 0. The normalized spacial score (nSPS) is 19.5. The van der Waals surface area contributed by atoms with Crippen LogP contribution in [0.2, 0.25) is 10.0 Å².